The van der Waals surface area contributed by atoms with E-state index in [1.165, 1.54) is 11.8 Å². The first-order chi connectivity index (χ1) is 10.7. The minimum Gasteiger partial charge on any atom is -0.497 e. The summed E-state index contributed by atoms with van der Waals surface area (Å²) >= 11 is 1.22. The van der Waals surface area contributed by atoms with Crippen LogP contribution in [0.1, 0.15) is 6.42 Å². The highest BCUT2D eigenvalue weighted by molar-refractivity contribution is 8.00. The molecular weight excluding hydrogens is 308 g/mol. The Morgan fingerprint density at radius 1 is 1.27 bits per heavy atom. The molecule has 22 heavy (non-hydrogen) atoms. The summed E-state index contributed by atoms with van der Waals surface area (Å²) in [4.78, 5) is 11.5. The Balaban J connectivity index is 1.82. The molecule has 1 atom stereocenters. The highest BCUT2D eigenvalue weighted by Crippen LogP contribution is 2.35. The maximum absolute atomic E-state index is 11.5. The van der Waals surface area contributed by atoms with Crippen LogP contribution in [0.2, 0.25) is 0 Å². The minimum absolute atomic E-state index is 0.244. The van der Waals surface area contributed by atoms with Crippen LogP contribution in [0.5, 0.6) is 11.5 Å². The molecule has 8 heteroatoms. The van der Waals surface area contributed by atoms with Crippen LogP contribution >= 0.6 is 11.8 Å². The van der Waals surface area contributed by atoms with Crippen molar-refractivity contribution in [2.75, 3.05) is 20.8 Å². The molecule has 0 saturated carbocycles. The van der Waals surface area contributed by atoms with Gasteiger partial charge in [-0.2, -0.15) is 0 Å². The number of methoxy groups -OCH3 is 2. The van der Waals surface area contributed by atoms with E-state index < -0.39 is 0 Å². The Labute approximate surface area is 130 Å². The van der Waals surface area contributed by atoms with Crippen molar-refractivity contribution in [3.05, 3.63) is 18.2 Å². The maximum atomic E-state index is 11.5. The average Bonchev–Trinajstić information content (AvgIpc) is 3.17. The normalized spacial score (nSPS) is 17.4. The summed E-state index contributed by atoms with van der Waals surface area (Å²) in [5.74, 6) is 1.32. The molecule has 3 rings (SSSR count). The van der Waals surface area contributed by atoms with Gasteiger partial charge >= 0.3 is 5.97 Å². The highest BCUT2D eigenvalue weighted by Gasteiger charge is 2.29. The van der Waals surface area contributed by atoms with Crippen LogP contribution in [0, 0.1) is 0 Å². The molecule has 0 bridgehead atoms. The van der Waals surface area contributed by atoms with E-state index in [1.54, 1.807) is 32.4 Å². The molecule has 2 aromatic rings. The molecular formula is C14H14N2O5S. The quantitative estimate of drug-likeness (QED) is 0.774. The lowest BCUT2D eigenvalue weighted by molar-refractivity contribution is -0.137. The lowest BCUT2D eigenvalue weighted by atomic mass is 10.2. The van der Waals surface area contributed by atoms with E-state index in [9.17, 15) is 4.79 Å². The number of nitrogens with zero attached hydrogens (tertiary/aromatic N) is 2. The zero-order valence-corrected chi connectivity index (χ0v) is 12.9. The third-order valence-corrected chi connectivity index (χ3v) is 4.26. The van der Waals surface area contributed by atoms with Gasteiger partial charge in [0.15, 0.2) is 0 Å². The molecule has 116 valence electrons. The Bertz CT molecular complexity index is 688. The molecule has 0 amide bonds. The lowest BCUT2D eigenvalue weighted by Gasteiger charge is -2.07. The fourth-order valence-corrected chi connectivity index (χ4v) is 2.88. The smallest absolute Gasteiger partial charge is 0.319 e. The summed E-state index contributed by atoms with van der Waals surface area (Å²) in [5.41, 5.74) is 0.664. The lowest BCUT2D eigenvalue weighted by Crippen LogP contribution is -2.09. The number of rotatable bonds is 5. The van der Waals surface area contributed by atoms with Crippen LogP contribution in [0.15, 0.2) is 27.8 Å². The second kappa shape index (κ2) is 6.27. The average molecular weight is 322 g/mol. The molecule has 0 unspecified atom stereocenters. The highest BCUT2D eigenvalue weighted by atomic mass is 32.2. The van der Waals surface area contributed by atoms with Crippen LogP contribution < -0.4 is 9.47 Å². The first kappa shape index (κ1) is 14.7. The second-order valence-electron chi connectivity index (χ2n) is 4.50. The molecule has 1 aromatic heterocycles. The molecule has 2 heterocycles. The van der Waals surface area contributed by atoms with E-state index in [0.717, 1.165) is 0 Å². The number of esters is 1. The summed E-state index contributed by atoms with van der Waals surface area (Å²) in [7, 11) is 3.13. The maximum Gasteiger partial charge on any atom is 0.319 e. The topological polar surface area (TPSA) is 83.7 Å². The molecule has 1 saturated heterocycles. The van der Waals surface area contributed by atoms with Crippen LogP contribution in [-0.4, -0.2) is 42.2 Å². The van der Waals surface area contributed by atoms with Crippen molar-refractivity contribution in [2.45, 2.75) is 16.9 Å². The summed E-state index contributed by atoms with van der Waals surface area (Å²) in [5, 5.41) is 8.01. The summed E-state index contributed by atoms with van der Waals surface area (Å²) in [6.07, 6.45) is 0.646. The van der Waals surface area contributed by atoms with Gasteiger partial charge in [-0.3, -0.25) is 4.79 Å². The van der Waals surface area contributed by atoms with Crippen LogP contribution in [0.3, 0.4) is 0 Å². The standard InChI is InChI=1S/C14H14N2O5S/c1-18-8-3-4-9(10(7-8)19-2)12-15-16-14(21-12)22-11-5-6-20-13(11)17/h3-4,7,11H,5-6H2,1-2H3/t11-/m1/s1. The van der Waals surface area contributed by atoms with Crippen molar-refractivity contribution in [2.24, 2.45) is 0 Å². The first-order valence-electron chi connectivity index (χ1n) is 6.60. The number of benzene rings is 1. The largest absolute Gasteiger partial charge is 0.497 e. The van der Waals surface area contributed by atoms with Gasteiger partial charge in [0.25, 0.3) is 11.1 Å². The van der Waals surface area contributed by atoms with Gasteiger partial charge in [-0.05, 0) is 23.9 Å². The number of hydrogen-bond donors (Lipinski definition) is 0. The molecule has 1 fully saturated rings. The third kappa shape index (κ3) is 2.87. The van der Waals surface area contributed by atoms with Crippen molar-refractivity contribution < 1.29 is 23.4 Å². The van der Waals surface area contributed by atoms with E-state index in [1.807, 2.05) is 0 Å². The van der Waals surface area contributed by atoms with Gasteiger partial charge in [0.2, 0.25) is 0 Å². The van der Waals surface area contributed by atoms with Gasteiger partial charge in [0, 0.05) is 12.5 Å². The Hall–Kier alpha value is -2.22. The number of hydrogen-bond acceptors (Lipinski definition) is 8. The van der Waals surface area contributed by atoms with E-state index >= 15 is 0 Å². The van der Waals surface area contributed by atoms with Gasteiger partial charge in [-0.15, -0.1) is 10.2 Å². The Kier molecular flexibility index (Phi) is 4.19. The van der Waals surface area contributed by atoms with Gasteiger partial charge in [0.1, 0.15) is 16.7 Å². The van der Waals surface area contributed by atoms with E-state index in [0.29, 0.717) is 41.2 Å². The number of carbonyl (C=O) groups excluding carboxylic acids is 1. The summed E-state index contributed by atoms with van der Waals surface area (Å²) < 4.78 is 21.0. The molecule has 0 radical (unpaired) electrons. The van der Waals surface area contributed by atoms with Crippen molar-refractivity contribution in [3.8, 4) is 23.0 Å². The fourth-order valence-electron chi connectivity index (χ4n) is 2.05. The number of aromatic nitrogens is 2. The van der Waals surface area contributed by atoms with Crippen LogP contribution in [0.4, 0.5) is 0 Å². The molecule has 1 aliphatic heterocycles. The molecule has 0 spiro atoms. The van der Waals surface area contributed by atoms with Crippen molar-refractivity contribution in [1.82, 2.24) is 10.2 Å². The van der Waals surface area contributed by atoms with Gasteiger partial charge in [-0.25, -0.2) is 0 Å². The predicted octanol–water partition coefficient (Wildman–Crippen LogP) is 2.16. The SMILES string of the molecule is COc1ccc(-c2nnc(S[C@@H]3CCOC3=O)o2)c(OC)c1. The van der Waals surface area contributed by atoms with Crippen molar-refractivity contribution >= 4 is 17.7 Å². The number of thioether (sulfide) groups is 1. The number of cyclic esters (lactones) is 1. The van der Waals surface area contributed by atoms with Crippen molar-refractivity contribution in [3.63, 3.8) is 0 Å². The molecule has 0 N–H and O–H groups in total. The molecule has 0 aliphatic carbocycles. The minimum atomic E-state index is -0.286. The number of carbonyl (C=O) groups is 1. The van der Waals surface area contributed by atoms with Gasteiger partial charge < -0.3 is 18.6 Å². The zero-order valence-electron chi connectivity index (χ0n) is 12.1. The van der Waals surface area contributed by atoms with E-state index in [-0.39, 0.29) is 11.2 Å². The Morgan fingerprint density at radius 3 is 2.82 bits per heavy atom. The molecule has 7 nitrogen and oxygen atoms in total. The fraction of sp³-hybridized carbons (Fsp3) is 0.357. The van der Waals surface area contributed by atoms with Crippen molar-refractivity contribution in [1.29, 1.82) is 0 Å². The third-order valence-electron chi connectivity index (χ3n) is 3.18. The van der Waals surface area contributed by atoms with Crippen LogP contribution in [-0.2, 0) is 9.53 Å². The Morgan fingerprint density at radius 2 is 2.14 bits per heavy atom. The molecule has 1 aliphatic rings. The monoisotopic (exact) mass is 322 g/mol. The zero-order chi connectivity index (χ0) is 15.5. The summed E-state index contributed by atoms with van der Waals surface area (Å²) in [6.45, 7) is 0.434. The van der Waals surface area contributed by atoms with Gasteiger partial charge in [-0.1, -0.05) is 0 Å². The first-order valence-corrected chi connectivity index (χ1v) is 7.48. The van der Waals surface area contributed by atoms with Gasteiger partial charge in [0.05, 0.1) is 26.4 Å². The molecule has 1 aromatic carbocycles. The predicted molar refractivity (Wildman–Crippen MR) is 78.1 cm³/mol. The van der Waals surface area contributed by atoms with Crippen LogP contribution in [0.25, 0.3) is 11.5 Å². The second-order valence-corrected chi connectivity index (χ2v) is 5.66. The van der Waals surface area contributed by atoms with E-state index in [2.05, 4.69) is 10.2 Å². The summed E-state index contributed by atoms with van der Waals surface area (Å²) in [6, 6.07) is 5.30. The number of ether oxygens (including phenoxy) is 3. The van der Waals surface area contributed by atoms with E-state index in [4.69, 9.17) is 18.6 Å².